The van der Waals surface area contributed by atoms with Crippen molar-refractivity contribution in [3.63, 3.8) is 0 Å². The van der Waals surface area contributed by atoms with Gasteiger partial charge in [0.1, 0.15) is 0 Å². The lowest BCUT2D eigenvalue weighted by atomic mass is 9.71. The molecular formula is C16H25N3. The second kappa shape index (κ2) is 5.59. The Balaban J connectivity index is 1.54. The molecule has 0 aliphatic carbocycles. The fourth-order valence-electron chi connectivity index (χ4n) is 3.49. The van der Waals surface area contributed by atoms with Crippen molar-refractivity contribution in [1.29, 1.82) is 0 Å². The number of aromatic nitrogens is 1. The fourth-order valence-corrected chi connectivity index (χ4v) is 3.49. The summed E-state index contributed by atoms with van der Waals surface area (Å²) in [5.74, 6) is 0. The van der Waals surface area contributed by atoms with Gasteiger partial charge in [-0.2, -0.15) is 0 Å². The second-order valence-electron chi connectivity index (χ2n) is 6.33. The van der Waals surface area contributed by atoms with Gasteiger partial charge in [-0.15, -0.1) is 0 Å². The van der Waals surface area contributed by atoms with E-state index in [0.29, 0.717) is 5.41 Å². The SMILES string of the molecule is Cc1ccc(CN2CCC3(CCNCC3)CC2)cn1. The molecule has 0 bridgehead atoms. The predicted octanol–water partition coefficient (Wildman–Crippen LogP) is 2.36. The molecule has 104 valence electrons. The normalized spacial score (nSPS) is 23.6. The number of rotatable bonds is 2. The molecule has 0 amide bonds. The van der Waals surface area contributed by atoms with E-state index in [-0.39, 0.29) is 0 Å². The van der Waals surface area contributed by atoms with Gasteiger partial charge < -0.3 is 5.32 Å². The summed E-state index contributed by atoms with van der Waals surface area (Å²) in [6.07, 6.45) is 7.56. The van der Waals surface area contributed by atoms with Gasteiger partial charge in [-0.1, -0.05) is 6.07 Å². The summed E-state index contributed by atoms with van der Waals surface area (Å²) in [7, 11) is 0. The molecule has 3 nitrogen and oxygen atoms in total. The van der Waals surface area contributed by atoms with Crippen molar-refractivity contribution in [3.05, 3.63) is 29.6 Å². The summed E-state index contributed by atoms with van der Waals surface area (Å²) in [5.41, 5.74) is 3.12. The Morgan fingerprint density at radius 3 is 2.53 bits per heavy atom. The Bertz CT molecular complexity index is 397. The number of likely N-dealkylation sites (tertiary alicyclic amines) is 1. The van der Waals surface area contributed by atoms with Gasteiger partial charge in [0.15, 0.2) is 0 Å². The summed E-state index contributed by atoms with van der Waals surface area (Å²) in [6.45, 7) is 8.08. The Hall–Kier alpha value is -0.930. The highest BCUT2D eigenvalue weighted by Crippen LogP contribution is 2.39. The smallest absolute Gasteiger partial charge is 0.0372 e. The number of hydrogen-bond acceptors (Lipinski definition) is 3. The van der Waals surface area contributed by atoms with Gasteiger partial charge in [-0.25, -0.2) is 0 Å². The van der Waals surface area contributed by atoms with Crippen LogP contribution in [-0.2, 0) is 6.54 Å². The molecule has 2 saturated heterocycles. The molecule has 19 heavy (non-hydrogen) atoms. The topological polar surface area (TPSA) is 28.2 Å². The van der Waals surface area contributed by atoms with Crippen molar-refractivity contribution < 1.29 is 0 Å². The van der Waals surface area contributed by atoms with Crippen LogP contribution >= 0.6 is 0 Å². The monoisotopic (exact) mass is 259 g/mol. The molecule has 1 spiro atoms. The van der Waals surface area contributed by atoms with Gasteiger partial charge >= 0.3 is 0 Å². The Kier molecular flexibility index (Phi) is 3.85. The van der Waals surface area contributed by atoms with Gasteiger partial charge in [0.2, 0.25) is 0 Å². The van der Waals surface area contributed by atoms with Crippen molar-refractivity contribution in [2.75, 3.05) is 26.2 Å². The van der Waals surface area contributed by atoms with Crippen LogP contribution in [-0.4, -0.2) is 36.1 Å². The molecule has 1 aromatic heterocycles. The highest BCUT2D eigenvalue weighted by Gasteiger charge is 2.35. The Labute approximate surface area is 116 Å². The van der Waals surface area contributed by atoms with Crippen LogP contribution in [0.1, 0.15) is 36.9 Å². The van der Waals surface area contributed by atoms with E-state index in [0.717, 1.165) is 12.2 Å². The van der Waals surface area contributed by atoms with Crippen LogP contribution in [0.3, 0.4) is 0 Å². The largest absolute Gasteiger partial charge is 0.317 e. The van der Waals surface area contributed by atoms with Crippen LogP contribution in [0.4, 0.5) is 0 Å². The van der Waals surface area contributed by atoms with E-state index in [9.17, 15) is 0 Å². The van der Waals surface area contributed by atoms with Crippen molar-refractivity contribution >= 4 is 0 Å². The van der Waals surface area contributed by atoms with Crippen LogP contribution in [0.15, 0.2) is 18.3 Å². The number of nitrogens with one attached hydrogen (secondary N) is 1. The molecule has 0 unspecified atom stereocenters. The van der Waals surface area contributed by atoms with E-state index in [1.165, 1.54) is 57.4 Å². The first-order chi connectivity index (χ1) is 9.26. The van der Waals surface area contributed by atoms with Crippen molar-refractivity contribution in [2.45, 2.75) is 39.2 Å². The minimum atomic E-state index is 0.660. The third-order valence-corrected chi connectivity index (χ3v) is 4.96. The summed E-state index contributed by atoms with van der Waals surface area (Å²) in [6, 6.07) is 4.34. The first-order valence-corrected chi connectivity index (χ1v) is 7.60. The van der Waals surface area contributed by atoms with Crippen LogP contribution < -0.4 is 5.32 Å². The maximum atomic E-state index is 4.39. The van der Waals surface area contributed by atoms with Gasteiger partial charge in [0, 0.05) is 18.4 Å². The first-order valence-electron chi connectivity index (χ1n) is 7.60. The Morgan fingerprint density at radius 1 is 1.16 bits per heavy atom. The third-order valence-electron chi connectivity index (χ3n) is 4.96. The first kappa shape index (κ1) is 13.1. The van der Waals surface area contributed by atoms with Crippen molar-refractivity contribution in [1.82, 2.24) is 15.2 Å². The van der Waals surface area contributed by atoms with Gasteiger partial charge in [-0.05, 0) is 75.8 Å². The number of nitrogens with zero attached hydrogens (tertiary/aromatic N) is 2. The number of pyridine rings is 1. The summed E-state index contributed by atoms with van der Waals surface area (Å²) < 4.78 is 0. The van der Waals surface area contributed by atoms with Crippen LogP contribution in [0, 0.1) is 12.3 Å². The lowest BCUT2D eigenvalue weighted by molar-refractivity contribution is 0.0700. The number of piperidine rings is 2. The lowest BCUT2D eigenvalue weighted by Gasteiger charge is -2.44. The molecule has 3 heteroatoms. The minimum Gasteiger partial charge on any atom is -0.317 e. The summed E-state index contributed by atoms with van der Waals surface area (Å²) in [4.78, 5) is 6.99. The van der Waals surface area contributed by atoms with Gasteiger partial charge in [-0.3, -0.25) is 9.88 Å². The van der Waals surface area contributed by atoms with Crippen molar-refractivity contribution in [2.24, 2.45) is 5.41 Å². The van der Waals surface area contributed by atoms with Crippen molar-refractivity contribution in [3.8, 4) is 0 Å². The maximum absolute atomic E-state index is 4.39. The van der Waals surface area contributed by atoms with E-state index >= 15 is 0 Å². The molecular weight excluding hydrogens is 234 g/mol. The van der Waals surface area contributed by atoms with E-state index in [2.05, 4.69) is 27.3 Å². The molecule has 2 fully saturated rings. The third kappa shape index (κ3) is 3.15. The number of hydrogen-bond donors (Lipinski definition) is 1. The zero-order chi connectivity index (χ0) is 13.1. The molecule has 1 N–H and O–H groups in total. The van der Waals surface area contributed by atoms with E-state index < -0.39 is 0 Å². The average Bonchev–Trinajstić information content (AvgIpc) is 2.45. The van der Waals surface area contributed by atoms with E-state index in [1.54, 1.807) is 0 Å². The standard InChI is InChI=1S/C16H25N3/c1-14-2-3-15(12-18-14)13-19-10-6-16(7-11-19)4-8-17-9-5-16/h2-3,12,17H,4-11,13H2,1H3. The molecule has 2 aliphatic heterocycles. The summed E-state index contributed by atoms with van der Waals surface area (Å²) in [5, 5.41) is 3.49. The maximum Gasteiger partial charge on any atom is 0.0372 e. The van der Waals surface area contributed by atoms with E-state index in [1.807, 2.05) is 13.1 Å². The zero-order valence-electron chi connectivity index (χ0n) is 12.0. The molecule has 2 aliphatic rings. The highest BCUT2D eigenvalue weighted by atomic mass is 15.1. The molecule has 3 heterocycles. The zero-order valence-corrected chi connectivity index (χ0v) is 12.0. The van der Waals surface area contributed by atoms with Gasteiger partial charge in [0.25, 0.3) is 0 Å². The van der Waals surface area contributed by atoms with E-state index in [4.69, 9.17) is 0 Å². The predicted molar refractivity (Wildman–Crippen MR) is 78.0 cm³/mol. The average molecular weight is 259 g/mol. The minimum absolute atomic E-state index is 0.660. The molecule has 0 radical (unpaired) electrons. The number of aryl methyl sites for hydroxylation is 1. The molecule has 3 rings (SSSR count). The molecule has 0 saturated carbocycles. The van der Waals surface area contributed by atoms with Gasteiger partial charge in [0.05, 0.1) is 0 Å². The van der Waals surface area contributed by atoms with Crippen LogP contribution in [0.5, 0.6) is 0 Å². The second-order valence-corrected chi connectivity index (χ2v) is 6.33. The quantitative estimate of drug-likeness (QED) is 0.883. The summed E-state index contributed by atoms with van der Waals surface area (Å²) >= 11 is 0. The lowest BCUT2D eigenvalue weighted by Crippen LogP contribution is -2.45. The fraction of sp³-hybridized carbons (Fsp3) is 0.688. The van der Waals surface area contributed by atoms with Crippen LogP contribution in [0.25, 0.3) is 0 Å². The molecule has 1 aromatic rings. The highest BCUT2D eigenvalue weighted by molar-refractivity contribution is 5.13. The van der Waals surface area contributed by atoms with Crippen LogP contribution in [0.2, 0.25) is 0 Å². The molecule has 0 atom stereocenters. The molecule has 0 aromatic carbocycles. The Morgan fingerprint density at radius 2 is 1.89 bits per heavy atom.